The van der Waals surface area contributed by atoms with Gasteiger partial charge in [0.05, 0.1) is 11.1 Å². The number of alkyl halides is 3. The Hall–Kier alpha value is -1.82. The predicted octanol–water partition coefficient (Wildman–Crippen LogP) is 4.09. The number of hydrogen-bond donors (Lipinski definition) is 1. The molecule has 0 aliphatic heterocycles. The molecular weight excluding hydrogens is 281 g/mol. The summed E-state index contributed by atoms with van der Waals surface area (Å²) in [6.45, 7) is 2.62. The van der Waals surface area contributed by atoms with Crippen molar-refractivity contribution in [2.24, 2.45) is 0 Å². The maximum atomic E-state index is 12.7. The molecule has 1 aromatic heterocycles. The zero-order chi connectivity index (χ0) is 15.5. The number of aromatic nitrogens is 1. The van der Waals surface area contributed by atoms with E-state index in [2.05, 4.69) is 10.3 Å². The van der Waals surface area contributed by atoms with E-state index in [1.54, 1.807) is 13.2 Å². The summed E-state index contributed by atoms with van der Waals surface area (Å²) < 4.78 is 43.1. The summed E-state index contributed by atoms with van der Waals surface area (Å²) in [5.74, 6) is 0. The van der Waals surface area contributed by atoms with Crippen molar-refractivity contribution >= 4 is 16.6 Å². The summed E-state index contributed by atoms with van der Waals surface area (Å²) >= 11 is 0. The monoisotopic (exact) mass is 298 g/mol. The van der Waals surface area contributed by atoms with Crippen LogP contribution in [0.4, 0.5) is 18.9 Å². The maximum Gasteiger partial charge on any atom is 0.416 e. The lowest BCUT2D eigenvalue weighted by molar-refractivity contribution is -0.137. The first-order valence-electron chi connectivity index (χ1n) is 6.63. The van der Waals surface area contributed by atoms with Crippen LogP contribution < -0.4 is 5.32 Å². The summed E-state index contributed by atoms with van der Waals surface area (Å²) in [7, 11) is 1.63. The molecule has 0 aliphatic carbocycles. The van der Waals surface area contributed by atoms with Gasteiger partial charge in [-0.25, -0.2) is 0 Å². The van der Waals surface area contributed by atoms with Crippen LogP contribution in [0.2, 0.25) is 0 Å². The minimum Gasteiger partial charge on any atom is -0.385 e. The number of benzene rings is 1. The fourth-order valence-electron chi connectivity index (χ4n) is 2.08. The highest BCUT2D eigenvalue weighted by atomic mass is 19.4. The minimum atomic E-state index is -4.36. The van der Waals surface area contributed by atoms with E-state index < -0.39 is 11.7 Å². The summed E-state index contributed by atoms with van der Waals surface area (Å²) in [5, 5.41) is 3.95. The lowest BCUT2D eigenvalue weighted by Gasteiger charge is -2.17. The lowest BCUT2D eigenvalue weighted by atomic mass is 10.1. The first-order chi connectivity index (χ1) is 9.91. The number of ether oxygens (including phenoxy) is 1. The van der Waals surface area contributed by atoms with Crippen LogP contribution in [0.3, 0.4) is 0 Å². The molecule has 6 heteroatoms. The van der Waals surface area contributed by atoms with Crippen molar-refractivity contribution in [2.75, 3.05) is 19.0 Å². The van der Waals surface area contributed by atoms with E-state index in [1.807, 2.05) is 6.92 Å². The molecule has 21 heavy (non-hydrogen) atoms. The van der Waals surface area contributed by atoms with Gasteiger partial charge in [0, 0.05) is 37.0 Å². The second-order valence-electron chi connectivity index (χ2n) is 4.92. The van der Waals surface area contributed by atoms with E-state index in [4.69, 9.17) is 4.74 Å². The topological polar surface area (TPSA) is 34.1 Å². The molecule has 3 nitrogen and oxygen atoms in total. The largest absolute Gasteiger partial charge is 0.416 e. The SMILES string of the molecule is COCCC(C)Nc1ccnc2cc(C(F)(F)F)ccc12. The van der Waals surface area contributed by atoms with Gasteiger partial charge >= 0.3 is 6.18 Å². The summed E-state index contributed by atoms with van der Waals surface area (Å²) in [4.78, 5) is 4.02. The second-order valence-corrected chi connectivity index (χ2v) is 4.92. The van der Waals surface area contributed by atoms with E-state index in [0.717, 1.165) is 24.2 Å². The maximum absolute atomic E-state index is 12.7. The van der Waals surface area contributed by atoms with Crippen molar-refractivity contribution in [3.63, 3.8) is 0 Å². The van der Waals surface area contributed by atoms with Gasteiger partial charge in [0.25, 0.3) is 0 Å². The lowest BCUT2D eigenvalue weighted by Crippen LogP contribution is -2.17. The van der Waals surface area contributed by atoms with Gasteiger partial charge in [-0.2, -0.15) is 13.2 Å². The van der Waals surface area contributed by atoms with Crippen molar-refractivity contribution in [1.82, 2.24) is 4.98 Å². The number of rotatable bonds is 5. The number of halogens is 3. The van der Waals surface area contributed by atoms with Crippen LogP contribution in [0.15, 0.2) is 30.5 Å². The Morgan fingerprint density at radius 1 is 1.29 bits per heavy atom. The molecule has 2 aromatic rings. The van der Waals surface area contributed by atoms with Crippen LogP contribution in [0.5, 0.6) is 0 Å². The predicted molar refractivity (Wildman–Crippen MR) is 76.3 cm³/mol. The minimum absolute atomic E-state index is 0.151. The summed E-state index contributed by atoms with van der Waals surface area (Å²) in [6.07, 6.45) is -2.04. The van der Waals surface area contributed by atoms with Crippen LogP contribution in [0.1, 0.15) is 18.9 Å². The highest BCUT2D eigenvalue weighted by molar-refractivity contribution is 5.91. The number of hydrogen-bond acceptors (Lipinski definition) is 3. The third kappa shape index (κ3) is 3.85. The van der Waals surface area contributed by atoms with Crippen LogP contribution in [-0.4, -0.2) is 24.7 Å². The van der Waals surface area contributed by atoms with Gasteiger partial charge in [0.1, 0.15) is 0 Å². The van der Waals surface area contributed by atoms with Gasteiger partial charge in [-0.05, 0) is 31.5 Å². The van der Waals surface area contributed by atoms with Crippen molar-refractivity contribution in [2.45, 2.75) is 25.6 Å². The molecule has 0 amide bonds. The van der Waals surface area contributed by atoms with Crippen molar-refractivity contribution in [3.05, 3.63) is 36.0 Å². The highest BCUT2D eigenvalue weighted by Gasteiger charge is 2.30. The molecule has 1 aromatic carbocycles. The van der Waals surface area contributed by atoms with Crippen LogP contribution in [0.25, 0.3) is 10.9 Å². The molecule has 1 N–H and O–H groups in total. The third-order valence-electron chi connectivity index (χ3n) is 3.23. The Kier molecular flexibility index (Phi) is 4.67. The number of nitrogens with zero attached hydrogens (tertiary/aromatic N) is 1. The molecular formula is C15H17F3N2O. The summed E-state index contributed by atoms with van der Waals surface area (Å²) in [6, 6.07) is 5.52. The summed E-state index contributed by atoms with van der Waals surface area (Å²) in [5.41, 5.74) is 0.415. The zero-order valence-electron chi connectivity index (χ0n) is 11.9. The second kappa shape index (κ2) is 6.30. The number of anilines is 1. The number of fused-ring (bicyclic) bond motifs is 1. The third-order valence-corrected chi connectivity index (χ3v) is 3.23. The van der Waals surface area contributed by atoms with Crippen molar-refractivity contribution in [1.29, 1.82) is 0 Å². The molecule has 2 rings (SSSR count). The molecule has 0 fully saturated rings. The van der Waals surface area contributed by atoms with E-state index in [9.17, 15) is 13.2 Å². The molecule has 0 spiro atoms. The molecule has 0 radical (unpaired) electrons. The number of methoxy groups -OCH3 is 1. The smallest absolute Gasteiger partial charge is 0.385 e. The fourth-order valence-corrected chi connectivity index (χ4v) is 2.08. The Morgan fingerprint density at radius 3 is 2.71 bits per heavy atom. The van der Waals surface area contributed by atoms with Crippen LogP contribution in [0, 0.1) is 0 Å². The highest BCUT2D eigenvalue weighted by Crippen LogP contribution is 2.32. The average molecular weight is 298 g/mol. The molecule has 0 aliphatic rings. The van der Waals surface area contributed by atoms with Crippen molar-refractivity contribution in [3.8, 4) is 0 Å². The normalized spacial score (nSPS) is 13.4. The van der Waals surface area contributed by atoms with Crippen LogP contribution in [-0.2, 0) is 10.9 Å². The van der Waals surface area contributed by atoms with Gasteiger partial charge in [-0.1, -0.05) is 6.07 Å². The Labute approximate surface area is 121 Å². The average Bonchev–Trinajstić information content (AvgIpc) is 2.44. The fraction of sp³-hybridized carbons (Fsp3) is 0.400. The molecule has 1 heterocycles. The van der Waals surface area contributed by atoms with Gasteiger partial charge in [0.15, 0.2) is 0 Å². The van der Waals surface area contributed by atoms with E-state index in [1.165, 1.54) is 12.3 Å². The molecule has 1 unspecified atom stereocenters. The quantitative estimate of drug-likeness (QED) is 0.902. The van der Waals surface area contributed by atoms with Crippen molar-refractivity contribution < 1.29 is 17.9 Å². The molecule has 114 valence electrons. The molecule has 0 saturated heterocycles. The number of nitrogens with one attached hydrogen (secondary N) is 1. The van der Waals surface area contributed by atoms with Crippen LogP contribution >= 0.6 is 0 Å². The van der Waals surface area contributed by atoms with E-state index >= 15 is 0 Å². The van der Waals surface area contributed by atoms with Gasteiger partial charge in [-0.3, -0.25) is 4.98 Å². The standard InChI is InChI=1S/C15H17F3N2O/c1-10(6-8-21-2)20-13-5-7-19-14-9-11(15(16,17)18)3-4-12(13)14/h3-5,7,9-10H,6,8H2,1-2H3,(H,19,20). The Balaban J connectivity index is 2.29. The molecule has 0 bridgehead atoms. The zero-order valence-corrected chi connectivity index (χ0v) is 11.9. The Morgan fingerprint density at radius 2 is 2.05 bits per heavy atom. The van der Waals surface area contributed by atoms with E-state index in [-0.39, 0.29) is 6.04 Å². The number of pyridine rings is 1. The Bertz CT molecular complexity index is 613. The van der Waals surface area contributed by atoms with Gasteiger partial charge < -0.3 is 10.1 Å². The molecule has 0 saturated carbocycles. The first kappa shape index (κ1) is 15.6. The van der Waals surface area contributed by atoms with E-state index in [0.29, 0.717) is 17.5 Å². The van der Waals surface area contributed by atoms with Gasteiger partial charge in [-0.15, -0.1) is 0 Å². The first-order valence-corrected chi connectivity index (χ1v) is 6.63. The molecule has 1 atom stereocenters. The van der Waals surface area contributed by atoms with Gasteiger partial charge in [0.2, 0.25) is 0 Å².